The molecule has 2 aliphatic rings. The number of benzene rings is 1. The van der Waals surface area contributed by atoms with Crippen LogP contribution in [0.5, 0.6) is 0 Å². The molecule has 1 fully saturated rings. The van der Waals surface area contributed by atoms with Crippen LogP contribution >= 0.6 is 11.8 Å². The summed E-state index contributed by atoms with van der Waals surface area (Å²) in [5.74, 6) is -0.229. The van der Waals surface area contributed by atoms with E-state index in [1.165, 1.54) is 6.07 Å². The van der Waals surface area contributed by atoms with Crippen molar-refractivity contribution in [3.8, 4) is 5.69 Å². The molecule has 0 bridgehead atoms. The summed E-state index contributed by atoms with van der Waals surface area (Å²) in [6.07, 6.45) is 3.73. The van der Waals surface area contributed by atoms with Gasteiger partial charge >= 0.3 is 0 Å². The van der Waals surface area contributed by atoms with E-state index in [1.54, 1.807) is 17.8 Å². The first-order chi connectivity index (χ1) is 13.2. The molecule has 4 heterocycles. The number of nitrogens with zero attached hydrogens (tertiary/aromatic N) is 4. The van der Waals surface area contributed by atoms with Crippen LogP contribution in [-0.4, -0.2) is 31.4 Å². The van der Waals surface area contributed by atoms with Crippen LogP contribution < -0.4 is 0 Å². The summed E-state index contributed by atoms with van der Waals surface area (Å²) >= 11 is 1.81. The highest BCUT2D eigenvalue weighted by molar-refractivity contribution is 8.14. The fraction of sp³-hybridized carbons (Fsp3) is 0.238. The summed E-state index contributed by atoms with van der Waals surface area (Å²) in [5.41, 5.74) is 2.54. The molecule has 1 aromatic carbocycles. The summed E-state index contributed by atoms with van der Waals surface area (Å²) in [6, 6.07) is 16.8. The highest BCUT2D eigenvalue weighted by atomic mass is 32.2. The number of thioether (sulfide) groups is 1. The molecule has 1 saturated heterocycles. The fourth-order valence-corrected chi connectivity index (χ4v) is 5.03. The molecule has 0 amide bonds. The number of fused-ring (bicyclic) bond motifs is 1. The maximum atomic E-state index is 14.5. The summed E-state index contributed by atoms with van der Waals surface area (Å²) in [5, 5.41) is 1.55. The SMILES string of the molecule is C[C@H]1CN2C(=N[C@@H](c3ccccn3)[C@@H]2c2cccn2-c2ccccc2F)S1. The van der Waals surface area contributed by atoms with Gasteiger partial charge in [0, 0.05) is 29.9 Å². The molecule has 2 aromatic heterocycles. The monoisotopic (exact) mass is 378 g/mol. The molecule has 0 spiro atoms. The molecule has 6 heteroatoms. The number of para-hydroxylation sites is 1. The Kier molecular flexibility index (Phi) is 4.01. The van der Waals surface area contributed by atoms with Gasteiger partial charge in [0.05, 0.1) is 17.4 Å². The van der Waals surface area contributed by atoms with E-state index < -0.39 is 0 Å². The van der Waals surface area contributed by atoms with E-state index in [1.807, 2.05) is 53.4 Å². The average Bonchev–Trinajstić information content (AvgIpc) is 3.36. The Hall–Kier alpha value is -2.60. The Morgan fingerprint density at radius 1 is 1.07 bits per heavy atom. The lowest BCUT2D eigenvalue weighted by Gasteiger charge is -2.28. The Morgan fingerprint density at radius 2 is 1.93 bits per heavy atom. The van der Waals surface area contributed by atoms with Crippen molar-refractivity contribution in [3.63, 3.8) is 0 Å². The van der Waals surface area contributed by atoms with E-state index in [0.717, 1.165) is 23.1 Å². The summed E-state index contributed by atoms with van der Waals surface area (Å²) in [6.45, 7) is 3.15. The van der Waals surface area contributed by atoms with Crippen LogP contribution in [0.15, 0.2) is 72.0 Å². The number of pyridine rings is 1. The molecule has 27 heavy (non-hydrogen) atoms. The van der Waals surface area contributed by atoms with E-state index in [0.29, 0.717) is 10.9 Å². The molecule has 5 rings (SSSR count). The van der Waals surface area contributed by atoms with Crippen molar-refractivity contribution in [2.45, 2.75) is 24.3 Å². The minimum atomic E-state index is -0.229. The Balaban J connectivity index is 1.63. The molecule has 0 unspecified atom stereocenters. The lowest BCUT2D eigenvalue weighted by molar-refractivity contribution is 0.312. The standard InChI is InChI=1S/C21H19FN4S/c1-14-13-26-20(19(24-21(26)27-14)16-8-4-5-11-23-16)18-10-6-12-25(18)17-9-3-2-7-15(17)22/h2-12,14,19-20H,13H2,1H3/t14-,19-,20-/m0/s1. The molecule has 0 radical (unpaired) electrons. The van der Waals surface area contributed by atoms with Crippen molar-refractivity contribution < 1.29 is 4.39 Å². The zero-order valence-corrected chi connectivity index (χ0v) is 15.7. The van der Waals surface area contributed by atoms with Gasteiger partial charge in [0.25, 0.3) is 0 Å². The molecule has 2 aliphatic heterocycles. The number of aromatic nitrogens is 2. The van der Waals surface area contributed by atoms with Crippen molar-refractivity contribution in [1.29, 1.82) is 0 Å². The second-order valence-corrected chi connectivity index (χ2v) is 8.30. The van der Waals surface area contributed by atoms with Crippen LogP contribution in [0.4, 0.5) is 4.39 Å². The van der Waals surface area contributed by atoms with Crippen LogP contribution in [0.1, 0.15) is 30.4 Å². The molecule has 0 N–H and O–H groups in total. The molecular formula is C21H19FN4S. The van der Waals surface area contributed by atoms with Crippen molar-refractivity contribution >= 4 is 16.9 Å². The van der Waals surface area contributed by atoms with E-state index in [2.05, 4.69) is 22.9 Å². The number of hydrogen-bond acceptors (Lipinski definition) is 4. The van der Waals surface area contributed by atoms with Gasteiger partial charge in [-0.3, -0.25) is 9.98 Å². The first kappa shape index (κ1) is 16.6. The zero-order chi connectivity index (χ0) is 18.4. The van der Waals surface area contributed by atoms with Crippen LogP contribution in [0.25, 0.3) is 5.69 Å². The quantitative estimate of drug-likeness (QED) is 0.668. The van der Waals surface area contributed by atoms with Crippen molar-refractivity contribution in [2.24, 2.45) is 4.99 Å². The average molecular weight is 378 g/mol. The number of aliphatic imine (C=N–C) groups is 1. The zero-order valence-electron chi connectivity index (χ0n) is 14.9. The summed E-state index contributed by atoms with van der Waals surface area (Å²) in [7, 11) is 0. The van der Waals surface area contributed by atoms with Crippen LogP contribution in [0.3, 0.4) is 0 Å². The fourth-order valence-electron chi connectivity index (χ4n) is 3.94. The number of amidine groups is 1. The molecule has 3 atom stereocenters. The van der Waals surface area contributed by atoms with Crippen molar-refractivity contribution in [2.75, 3.05) is 6.54 Å². The lowest BCUT2D eigenvalue weighted by atomic mass is 10.0. The number of hydrogen-bond donors (Lipinski definition) is 0. The van der Waals surface area contributed by atoms with E-state index in [9.17, 15) is 4.39 Å². The minimum Gasteiger partial charge on any atom is -0.339 e. The molecule has 136 valence electrons. The predicted octanol–water partition coefficient (Wildman–Crippen LogP) is 4.60. The van der Waals surface area contributed by atoms with Crippen LogP contribution in [0.2, 0.25) is 0 Å². The Morgan fingerprint density at radius 3 is 2.74 bits per heavy atom. The van der Waals surface area contributed by atoms with Gasteiger partial charge in [-0.2, -0.15) is 0 Å². The molecule has 0 aliphatic carbocycles. The number of halogens is 1. The van der Waals surface area contributed by atoms with Gasteiger partial charge < -0.3 is 9.47 Å². The summed E-state index contributed by atoms with van der Waals surface area (Å²) < 4.78 is 16.4. The van der Waals surface area contributed by atoms with Crippen molar-refractivity contribution in [1.82, 2.24) is 14.5 Å². The van der Waals surface area contributed by atoms with Crippen LogP contribution in [-0.2, 0) is 0 Å². The maximum absolute atomic E-state index is 14.5. The van der Waals surface area contributed by atoms with Gasteiger partial charge in [-0.15, -0.1) is 0 Å². The highest BCUT2D eigenvalue weighted by Crippen LogP contribution is 2.47. The van der Waals surface area contributed by atoms with Gasteiger partial charge in [-0.25, -0.2) is 4.39 Å². The van der Waals surface area contributed by atoms with Crippen LogP contribution in [0, 0.1) is 5.82 Å². The lowest BCUT2D eigenvalue weighted by Crippen LogP contribution is -2.30. The first-order valence-electron chi connectivity index (χ1n) is 9.06. The van der Waals surface area contributed by atoms with Gasteiger partial charge in [-0.1, -0.05) is 36.9 Å². The normalized spacial score (nSPS) is 24.1. The second kappa shape index (κ2) is 6.53. The minimum absolute atomic E-state index is 0.00181. The molecular weight excluding hydrogens is 359 g/mol. The molecule has 3 aromatic rings. The van der Waals surface area contributed by atoms with E-state index in [4.69, 9.17) is 4.99 Å². The predicted molar refractivity (Wildman–Crippen MR) is 107 cm³/mol. The van der Waals surface area contributed by atoms with Gasteiger partial charge in [0.1, 0.15) is 11.9 Å². The third-order valence-electron chi connectivity index (χ3n) is 5.08. The Bertz CT molecular complexity index is 1000. The highest BCUT2D eigenvalue weighted by Gasteiger charge is 2.44. The summed E-state index contributed by atoms with van der Waals surface area (Å²) in [4.78, 5) is 11.9. The van der Waals surface area contributed by atoms with E-state index >= 15 is 0 Å². The largest absolute Gasteiger partial charge is 0.339 e. The maximum Gasteiger partial charge on any atom is 0.160 e. The second-order valence-electron chi connectivity index (χ2n) is 6.89. The van der Waals surface area contributed by atoms with Gasteiger partial charge in [0.15, 0.2) is 5.17 Å². The van der Waals surface area contributed by atoms with Crippen molar-refractivity contribution in [3.05, 3.63) is 84.2 Å². The first-order valence-corrected chi connectivity index (χ1v) is 9.94. The topological polar surface area (TPSA) is 33.4 Å². The van der Waals surface area contributed by atoms with E-state index in [-0.39, 0.29) is 17.9 Å². The Labute approximate surface area is 161 Å². The number of rotatable bonds is 3. The smallest absolute Gasteiger partial charge is 0.160 e. The third-order valence-corrected chi connectivity index (χ3v) is 6.18. The third kappa shape index (κ3) is 2.75. The van der Waals surface area contributed by atoms with Gasteiger partial charge in [0.2, 0.25) is 0 Å². The molecule has 0 saturated carbocycles. The molecule has 4 nitrogen and oxygen atoms in total. The van der Waals surface area contributed by atoms with Gasteiger partial charge in [-0.05, 0) is 36.4 Å².